The number of hydrogen-bond donors (Lipinski definition) is 1. The molecule has 30 heavy (non-hydrogen) atoms. The molecular weight excluding hydrogens is 442 g/mol. The zero-order valence-electron chi connectivity index (χ0n) is 16.1. The van der Waals surface area contributed by atoms with Crippen molar-refractivity contribution in [1.29, 1.82) is 0 Å². The first-order valence-electron chi connectivity index (χ1n) is 8.82. The standard InChI is InChI=1S/C19H19ClF2N2O5S/c1-3-24(4-2)30(27,28)16-10-12(8-9-13(16)20)19(26)29-11-17(25)23-18-14(21)6-5-7-15(18)22/h5-10H,3-4,11H2,1-2H3,(H,23,25). The third kappa shape index (κ3) is 5.32. The number of sulfonamides is 1. The number of anilines is 1. The van der Waals surface area contributed by atoms with E-state index in [1.54, 1.807) is 13.8 Å². The average molecular weight is 461 g/mol. The van der Waals surface area contributed by atoms with Gasteiger partial charge in [-0.1, -0.05) is 31.5 Å². The number of benzene rings is 2. The molecule has 0 fully saturated rings. The van der Waals surface area contributed by atoms with Crippen LogP contribution in [0.4, 0.5) is 14.5 Å². The number of amides is 1. The van der Waals surface area contributed by atoms with E-state index >= 15 is 0 Å². The number of nitrogens with zero attached hydrogens (tertiary/aromatic N) is 1. The number of halogens is 3. The van der Waals surface area contributed by atoms with Gasteiger partial charge in [0.05, 0.1) is 10.6 Å². The molecular formula is C19H19ClF2N2O5S. The summed E-state index contributed by atoms with van der Waals surface area (Å²) in [5.74, 6) is -3.96. The third-order valence-electron chi connectivity index (χ3n) is 4.05. The van der Waals surface area contributed by atoms with E-state index in [2.05, 4.69) is 0 Å². The van der Waals surface area contributed by atoms with Crippen LogP contribution in [-0.4, -0.2) is 44.3 Å². The summed E-state index contributed by atoms with van der Waals surface area (Å²) < 4.78 is 58.4. The molecule has 7 nitrogen and oxygen atoms in total. The zero-order chi connectivity index (χ0) is 22.5. The molecule has 0 radical (unpaired) electrons. The summed E-state index contributed by atoms with van der Waals surface area (Å²) in [6.07, 6.45) is 0. The van der Waals surface area contributed by atoms with Gasteiger partial charge in [0.2, 0.25) is 10.0 Å². The smallest absolute Gasteiger partial charge is 0.338 e. The van der Waals surface area contributed by atoms with Gasteiger partial charge >= 0.3 is 5.97 Å². The van der Waals surface area contributed by atoms with Gasteiger partial charge < -0.3 is 10.1 Å². The number of esters is 1. The molecule has 0 saturated heterocycles. The Bertz CT molecular complexity index is 1040. The van der Waals surface area contributed by atoms with Gasteiger partial charge in [-0.25, -0.2) is 22.0 Å². The molecule has 11 heteroatoms. The summed E-state index contributed by atoms with van der Waals surface area (Å²) in [7, 11) is -3.94. The summed E-state index contributed by atoms with van der Waals surface area (Å²) in [5, 5.41) is 1.89. The van der Waals surface area contributed by atoms with E-state index in [0.717, 1.165) is 24.3 Å². The monoisotopic (exact) mass is 460 g/mol. The minimum absolute atomic E-state index is 0.0776. The van der Waals surface area contributed by atoms with Crippen molar-refractivity contribution in [2.45, 2.75) is 18.7 Å². The third-order valence-corrected chi connectivity index (χ3v) is 6.58. The van der Waals surface area contributed by atoms with Gasteiger partial charge in [0.15, 0.2) is 6.61 Å². The van der Waals surface area contributed by atoms with Crippen LogP contribution in [0.25, 0.3) is 0 Å². The van der Waals surface area contributed by atoms with Crippen LogP contribution in [0.5, 0.6) is 0 Å². The highest BCUT2D eigenvalue weighted by Crippen LogP contribution is 2.26. The van der Waals surface area contributed by atoms with Crippen LogP contribution in [-0.2, 0) is 19.6 Å². The summed E-state index contributed by atoms with van der Waals surface area (Å²) in [4.78, 5) is 23.8. The second kappa shape index (κ2) is 9.96. The van der Waals surface area contributed by atoms with Crippen LogP contribution < -0.4 is 5.32 Å². The van der Waals surface area contributed by atoms with Crippen molar-refractivity contribution in [3.63, 3.8) is 0 Å². The molecule has 0 aliphatic carbocycles. The van der Waals surface area contributed by atoms with Gasteiger partial charge in [0.1, 0.15) is 22.2 Å². The Labute approximate surface area is 177 Å². The van der Waals surface area contributed by atoms with E-state index in [1.807, 2.05) is 5.32 Å². The molecule has 0 saturated carbocycles. The van der Waals surface area contributed by atoms with Crippen LogP contribution in [0.3, 0.4) is 0 Å². The summed E-state index contributed by atoms with van der Waals surface area (Å²) in [6, 6.07) is 6.55. The van der Waals surface area contributed by atoms with Crippen molar-refractivity contribution in [1.82, 2.24) is 4.31 Å². The van der Waals surface area contributed by atoms with Crippen LogP contribution in [0, 0.1) is 11.6 Å². The number of rotatable bonds is 8. The fourth-order valence-corrected chi connectivity index (χ4v) is 4.50. The first-order chi connectivity index (χ1) is 14.1. The predicted octanol–water partition coefficient (Wildman–Crippen LogP) is 3.44. The lowest BCUT2D eigenvalue weighted by Crippen LogP contribution is -2.31. The molecule has 0 spiro atoms. The highest BCUT2D eigenvalue weighted by molar-refractivity contribution is 7.89. The Hall–Kier alpha value is -2.56. The van der Waals surface area contributed by atoms with E-state index in [9.17, 15) is 26.8 Å². The highest BCUT2D eigenvalue weighted by Gasteiger charge is 2.26. The molecule has 0 aliphatic heterocycles. The molecule has 1 N–H and O–H groups in total. The average Bonchev–Trinajstić information content (AvgIpc) is 2.70. The molecule has 2 rings (SSSR count). The van der Waals surface area contributed by atoms with Crippen LogP contribution >= 0.6 is 11.6 Å². The molecule has 0 aliphatic rings. The Kier molecular flexibility index (Phi) is 7.88. The van der Waals surface area contributed by atoms with Gasteiger partial charge in [-0.15, -0.1) is 0 Å². The second-order valence-corrected chi connectivity index (χ2v) is 8.27. The van der Waals surface area contributed by atoms with Crippen molar-refractivity contribution in [2.24, 2.45) is 0 Å². The maximum Gasteiger partial charge on any atom is 0.338 e. The quantitative estimate of drug-likeness (QED) is 0.609. The Morgan fingerprint density at radius 1 is 1.10 bits per heavy atom. The SMILES string of the molecule is CCN(CC)S(=O)(=O)c1cc(C(=O)OCC(=O)Nc2c(F)cccc2F)ccc1Cl. The lowest BCUT2D eigenvalue weighted by molar-refractivity contribution is -0.119. The normalized spacial score (nSPS) is 11.4. The van der Waals surface area contributed by atoms with Crippen LogP contribution in [0.15, 0.2) is 41.3 Å². The van der Waals surface area contributed by atoms with Crippen LogP contribution in [0.2, 0.25) is 5.02 Å². The minimum Gasteiger partial charge on any atom is -0.452 e. The van der Waals surface area contributed by atoms with E-state index in [4.69, 9.17) is 16.3 Å². The van der Waals surface area contributed by atoms with Gasteiger partial charge in [0.25, 0.3) is 5.91 Å². The molecule has 0 atom stereocenters. The Morgan fingerprint density at radius 2 is 1.70 bits per heavy atom. The number of ether oxygens (including phenoxy) is 1. The summed E-state index contributed by atoms with van der Waals surface area (Å²) >= 11 is 6.00. The van der Waals surface area contributed by atoms with E-state index in [1.165, 1.54) is 16.4 Å². The fraction of sp³-hybridized carbons (Fsp3) is 0.263. The maximum absolute atomic E-state index is 13.6. The predicted molar refractivity (Wildman–Crippen MR) is 107 cm³/mol. The fourth-order valence-electron chi connectivity index (χ4n) is 2.54. The first kappa shape index (κ1) is 23.7. The molecule has 0 heterocycles. The largest absolute Gasteiger partial charge is 0.452 e. The number of carbonyl (C=O) groups excluding carboxylic acids is 2. The number of carbonyl (C=O) groups is 2. The molecule has 2 aromatic rings. The molecule has 162 valence electrons. The van der Waals surface area contributed by atoms with Crippen LogP contribution in [0.1, 0.15) is 24.2 Å². The van der Waals surface area contributed by atoms with E-state index < -0.39 is 45.8 Å². The molecule has 0 aromatic heterocycles. The van der Waals surface area contributed by atoms with Crippen molar-refractivity contribution < 1.29 is 31.5 Å². The molecule has 1 amide bonds. The molecule has 0 unspecified atom stereocenters. The van der Waals surface area contributed by atoms with Crippen molar-refractivity contribution in [3.8, 4) is 0 Å². The Balaban J connectivity index is 2.13. The van der Waals surface area contributed by atoms with Crippen molar-refractivity contribution >= 4 is 39.2 Å². The van der Waals surface area contributed by atoms with E-state index in [-0.39, 0.29) is 28.6 Å². The number of hydrogen-bond acceptors (Lipinski definition) is 5. The number of nitrogens with one attached hydrogen (secondary N) is 1. The maximum atomic E-state index is 13.6. The second-order valence-electron chi connectivity index (χ2n) is 5.96. The van der Waals surface area contributed by atoms with Gasteiger partial charge in [-0.3, -0.25) is 4.79 Å². The van der Waals surface area contributed by atoms with Gasteiger partial charge in [-0.2, -0.15) is 4.31 Å². The topological polar surface area (TPSA) is 92.8 Å². The summed E-state index contributed by atoms with van der Waals surface area (Å²) in [6.45, 7) is 2.88. The minimum atomic E-state index is -3.94. The Morgan fingerprint density at radius 3 is 2.27 bits per heavy atom. The van der Waals surface area contributed by atoms with Gasteiger partial charge in [-0.05, 0) is 30.3 Å². The molecule has 2 aromatic carbocycles. The summed E-state index contributed by atoms with van der Waals surface area (Å²) in [5.41, 5.74) is -0.826. The zero-order valence-corrected chi connectivity index (χ0v) is 17.7. The first-order valence-corrected chi connectivity index (χ1v) is 10.6. The van der Waals surface area contributed by atoms with Crippen molar-refractivity contribution in [3.05, 3.63) is 58.6 Å². The molecule has 0 bridgehead atoms. The van der Waals surface area contributed by atoms with Gasteiger partial charge in [0, 0.05) is 13.1 Å². The lowest BCUT2D eigenvalue weighted by atomic mass is 10.2. The van der Waals surface area contributed by atoms with Crippen molar-refractivity contribution in [2.75, 3.05) is 25.0 Å². The van der Waals surface area contributed by atoms with E-state index in [0.29, 0.717) is 0 Å². The highest BCUT2D eigenvalue weighted by atomic mass is 35.5. The number of para-hydroxylation sites is 1. The lowest BCUT2D eigenvalue weighted by Gasteiger charge is -2.19.